The van der Waals surface area contributed by atoms with Crippen LogP contribution in [0, 0.1) is 28.6 Å². The number of carbonyl (C=O) groups excluding carboxylic acids is 1. The molecule has 4 N–H and O–H groups in total. The van der Waals surface area contributed by atoms with Crippen molar-refractivity contribution in [2.75, 3.05) is 6.61 Å². The highest BCUT2D eigenvalue weighted by Crippen LogP contribution is 2.69. The largest absolute Gasteiger partial charge is 0.393 e. The van der Waals surface area contributed by atoms with Crippen LogP contribution in [0.1, 0.15) is 52.4 Å². The minimum atomic E-state index is -1.90. The van der Waals surface area contributed by atoms with E-state index in [1.807, 2.05) is 6.92 Å². The molecule has 4 rings (SSSR count). The van der Waals surface area contributed by atoms with E-state index >= 15 is 4.39 Å². The maximum absolute atomic E-state index is 15.2. The number of hydrogen-bond donors (Lipinski definition) is 4. The van der Waals surface area contributed by atoms with Crippen molar-refractivity contribution in [2.45, 2.75) is 70.2 Å². The van der Waals surface area contributed by atoms with Crippen molar-refractivity contribution in [3.8, 4) is 0 Å². The number of carbonyl (C=O) groups is 1. The third-order valence-electron chi connectivity index (χ3n) is 8.80. The van der Waals surface area contributed by atoms with Gasteiger partial charge >= 0.3 is 0 Å². The van der Waals surface area contributed by atoms with Crippen LogP contribution in [-0.2, 0) is 4.79 Å². The molecule has 6 heteroatoms. The van der Waals surface area contributed by atoms with Crippen LogP contribution in [0.25, 0.3) is 0 Å². The number of allylic oxidation sites excluding steroid dienone is 1. The molecule has 0 aliphatic heterocycles. The molecule has 0 aromatic rings. The summed E-state index contributed by atoms with van der Waals surface area (Å²) in [5, 5.41) is 42.0. The summed E-state index contributed by atoms with van der Waals surface area (Å²) in [5.74, 6) is -1.53. The number of hydrogen-bond acceptors (Lipinski definition) is 5. The van der Waals surface area contributed by atoms with Crippen LogP contribution in [-0.4, -0.2) is 50.6 Å². The molecule has 4 aliphatic rings. The first kappa shape index (κ1) is 20.2. The summed E-state index contributed by atoms with van der Waals surface area (Å²) < 4.78 is 15.2. The van der Waals surface area contributed by atoms with Gasteiger partial charge in [0.05, 0.1) is 12.2 Å². The molecule has 2 unspecified atom stereocenters. The molecule has 4 aliphatic carbocycles. The molecule has 0 aromatic heterocycles. The molecule has 8 atom stereocenters. The van der Waals surface area contributed by atoms with Gasteiger partial charge in [0.25, 0.3) is 0 Å². The Bertz CT molecular complexity index is 762. The lowest BCUT2D eigenvalue weighted by Crippen LogP contribution is -2.62. The number of aliphatic hydroxyl groups excluding tert-OH is 3. The van der Waals surface area contributed by atoms with Gasteiger partial charge in [0.15, 0.2) is 11.4 Å². The van der Waals surface area contributed by atoms with Gasteiger partial charge in [-0.2, -0.15) is 0 Å². The van der Waals surface area contributed by atoms with Crippen LogP contribution in [0.15, 0.2) is 23.6 Å². The number of fused-ring (bicyclic) bond motifs is 5. The topological polar surface area (TPSA) is 98.0 Å². The van der Waals surface area contributed by atoms with Crippen LogP contribution in [0.2, 0.25) is 0 Å². The van der Waals surface area contributed by atoms with Crippen molar-refractivity contribution in [1.29, 1.82) is 0 Å². The zero-order valence-electron chi connectivity index (χ0n) is 16.6. The SMILES string of the molecule is C=C1C[C@H]2[C@@H]3CC(F)=C4CC(O)CC[C@]4(C)[C@H]3C(O)C[C@]2(C)[C@@]1(O)C(=O)CO. The summed E-state index contributed by atoms with van der Waals surface area (Å²) >= 11 is 0. The van der Waals surface area contributed by atoms with Crippen molar-refractivity contribution in [3.63, 3.8) is 0 Å². The third kappa shape index (κ3) is 2.29. The van der Waals surface area contributed by atoms with Gasteiger partial charge in [0.1, 0.15) is 12.4 Å². The van der Waals surface area contributed by atoms with E-state index < -0.39 is 41.0 Å². The zero-order valence-corrected chi connectivity index (χ0v) is 16.6. The Morgan fingerprint density at radius 3 is 2.57 bits per heavy atom. The van der Waals surface area contributed by atoms with E-state index in [9.17, 15) is 25.2 Å². The second-order valence-electron chi connectivity index (χ2n) is 9.99. The summed E-state index contributed by atoms with van der Waals surface area (Å²) in [6.07, 6.45) is 0.870. The Balaban J connectivity index is 1.81. The molecule has 0 bridgehead atoms. The number of Topliss-reactive ketones (excluding diaryl/α,β-unsaturated/α-hetero) is 1. The van der Waals surface area contributed by atoms with Gasteiger partial charge < -0.3 is 20.4 Å². The highest BCUT2D eigenvalue weighted by molar-refractivity contribution is 5.93. The molecule has 3 saturated carbocycles. The Hall–Kier alpha value is -1.08. The van der Waals surface area contributed by atoms with Crippen LogP contribution in [0.4, 0.5) is 4.39 Å². The van der Waals surface area contributed by atoms with Crippen LogP contribution in [0.3, 0.4) is 0 Å². The second kappa shape index (κ2) is 6.21. The number of ketones is 1. The zero-order chi connectivity index (χ0) is 20.6. The minimum absolute atomic E-state index is 0.149. The highest BCUT2D eigenvalue weighted by Gasteiger charge is 2.70. The molecule has 0 aromatic carbocycles. The fraction of sp³-hybridized carbons (Fsp3) is 0.773. The molecule has 0 radical (unpaired) electrons. The predicted octanol–water partition coefficient (Wildman–Crippen LogP) is 2.04. The fourth-order valence-electron chi connectivity index (χ4n) is 7.43. The number of halogens is 1. The van der Waals surface area contributed by atoms with E-state index in [0.29, 0.717) is 36.8 Å². The summed E-state index contributed by atoms with van der Waals surface area (Å²) in [6, 6.07) is 0. The van der Waals surface area contributed by atoms with E-state index in [1.165, 1.54) is 0 Å². The van der Waals surface area contributed by atoms with Gasteiger partial charge in [-0.25, -0.2) is 4.39 Å². The first-order valence-corrected chi connectivity index (χ1v) is 10.3. The maximum atomic E-state index is 15.2. The first-order valence-electron chi connectivity index (χ1n) is 10.3. The lowest BCUT2D eigenvalue weighted by atomic mass is 9.45. The lowest BCUT2D eigenvalue weighted by molar-refractivity contribution is -0.177. The quantitative estimate of drug-likeness (QED) is 0.538. The molecular weight excluding hydrogens is 363 g/mol. The summed E-state index contributed by atoms with van der Waals surface area (Å²) in [4.78, 5) is 12.5. The Morgan fingerprint density at radius 1 is 1.25 bits per heavy atom. The fourth-order valence-corrected chi connectivity index (χ4v) is 7.43. The van der Waals surface area contributed by atoms with Crippen LogP contribution >= 0.6 is 0 Å². The van der Waals surface area contributed by atoms with E-state index in [-0.39, 0.29) is 36.4 Å². The van der Waals surface area contributed by atoms with Gasteiger partial charge in [-0.05, 0) is 66.4 Å². The van der Waals surface area contributed by atoms with Crippen LogP contribution < -0.4 is 0 Å². The van der Waals surface area contributed by atoms with E-state index in [2.05, 4.69) is 6.58 Å². The summed E-state index contributed by atoms with van der Waals surface area (Å²) in [7, 11) is 0. The smallest absolute Gasteiger partial charge is 0.194 e. The average Bonchev–Trinajstić information content (AvgIpc) is 2.83. The van der Waals surface area contributed by atoms with Crippen molar-refractivity contribution < 1.29 is 29.6 Å². The van der Waals surface area contributed by atoms with Crippen molar-refractivity contribution in [3.05, 3.63) is 23.6 Å². The van der Waals surface area contributed by atoms with Gasteiger partial charge in [-0.3, -0.25) is 4.79 Å². The Kier molecular flexibility index (Phi) is 4.48. The number of aliphatic hydroxyl groups is 4. The van der Waals surface area contributed by atoms with E-state index in [0.717, 1.165) is 0 Å². The molecule has 0 saturated heterocycles. The monoisotopic (exact) mass is 394 g/mol. The summed E-state index contributed by atoms with van der Waals surface area (Å²) in [6.45, 7) is 6.90. The lowest BCUT2D eigenvalue weighted by Gasteiger charge is -2.60. The second-order valence-corrected chi connectivity index (χ2v) is 9.99. The molecule has 3 fully saturated rings. The van der Waals surface area contributed by atoms with Gasteiger partial charge in [0.2, 0.25) is 0 Å². The van der Waals surface area contributed by atoms with Gasteiger partial charge in [0, 0.05) is 11.8 Å². The maximum Gasteiger partial charge on any atom is 0.194 e. The molecule has 28 heavy (non-hydrogen) atoms. The van der Waals surface area contributed by atoms with E-state index in [4.69, 9.17) is 0 Å². The Labute approximate surface area is 165 Å². The van der Waals surface area contributed by atoms with Gasteiger partial charge in [-0.1, -0.05) is 20.4 Å². The standard InChI is InChI=1S/C22H31FO5/c1-11-6-14-13-8-16(23)15-7-12(25)4-5-20(15,2)19(13)17(26)9-21(14,3)22(11,28)18(27)10-24/h12-14,17,19,24-26,28H,1,4-10H2,2-3H3/t12?,13-,14-,17?,19+,20-,21-,22-/m0/s1. The van der Waals surface area contributed by atoms with Crippen LogP contribution in [0.5, 0.6) is 0 Å². The van der Waals surface area contributed by atoms with Crippen molar-refractivity contribution in [2.24, 2.45) is 28.6 Å². The molecule has 156 valence electrons. The Morgan fingerprint density at radius 2 is 1.93 bits per heavy atom. The first-order chi connectivity index (χ1) is 13.0. The third-order valence-corrected chi connectivity index (χ3v) is 8.80. The highest BCUT2D eigenvalue weighted by atomic mass is 19.1. The summed E-state index contributed by atoms with van der Waals surface area (Å²) in [5.41, 5.74) is -2.44. The predicted molar refractivity (Wildman–Crippen MR) is 101 cm³/mol. The molecule has 0 spiro atoms. The molecule has 0 heterocycles. The van der Waals surface area contributed by atoms with E-state index in [1.54, 1.807) is 6.92 Å². The normalized spacial score (nSPS) is 50.8. The molecule has 0 amide bonds. The minimum Gasteiger partial charge on any atom is -0.393 e. The average molecular weight is 394 g/mol. The van der Waals surface area contributed by atoms with Gasteiger partial charge in [-0.15, -0.1) is 0 Å². The molecular formula is C22H31FO5. The van der Waals surface area contributed by atoms with Crippen molar-refractivity contribution in [1.82, 2.24) is 0 Å². The molecule has 5 nitrogen and oxygen atoms in total. The number of rotatable bonds is 2. The van der Waals surface area contributed by atoms with Crippen molar-refractivity contribution >= 4 is 5.78 Å².